The molecule has 1 aromatic carbocycles. The van der Waals surface area contributed by atoms with Crippen molar-refractivity contribution >= 4 is 29.8 Å². The lowest BCUT2D eigenvalue weighted by molar-refractivity contribution is -0.155. The molecule has 0 bridgehead atoms. The number of esters is 1. The first-order valence-corrected chi connectivity index (χ1v) is 27.2. The van der Waals surface area contributed by atoms with Crippen LogP contribution in [0.15, 0.2) is 60.4 Å². The van der Waals surface area contributed by atoms with E-state index in [0.717, 1.165) is 42.9 Å². The Morgan fingerprint density at radius 1 is 0.873 bits per heavy atom. The number of unbranched alkanes of at least 4 members (excludes halogenated alkanes) is 1. The van der Waals surface area contributed by atoms with Gasteiger partial charge in [-0.05, 0) is 174 Å². The quantitative estimate of drug-likeness (QED) is 0.0606. The number of hydrogen-bond acceptors (Lipinski definition) is 9. The number of fused-ring (bicyclic) bond motifs is 5. The molecular formula is C58H85N5O8. The molecule has 4 amide bonds. The molecular weight excluding hydrogens is 895 g/mol. The number of ether oxygens (including phenoxy) is 2. The molecule has 390 valence electrons. The van der Waals surface area contributed by atoms with E-state index in [-0.39, 0.29) is 36.0 Å². The molecule has 1 aliphatic heterocycles. The summed E-state index contributed by atoms with van der Waals surface area (Å²) >= 11 is 0. The number of nitrogens with zero attached hydrogens (tertiary/aromatic N) is 2. The minimum atomic E-state index is -1.12. The van der Waals surface area contributed by atoms with E-state index >= 15 is 0 Å². The first-order chi connectivity index (χ1) is 33.8. The lowest BCUT2D eigenvalue weighted by Crippen LogP contribution is -2.56. The lowest BCUT2D eigenvalue weighted by atomic mass is 9.47. The van der Waals surface area contributed by atoms with Crippen LogP contribution in [0.2, 0.25) is 0 Å². The van der Waals surface area contributed by atoms with Crippen LogP contribution in [0.4, 0.5) is 4.79 Å². The molecule has 0 radical (unpaired) electrons. The molecule has 5 aliphatic rings. The zero-order valence-corrected chi connectivity index (χ0v) is 44.1. The molecule has 1 saturated heterocycles. The number of aromatic nitrogens is 1. The Kier molecular flexibility index (Phi) is 17.7. The summed E-state index contributed by atoms with van der Waals surface area (Å²) in [5.41, 5.74) is 2.29. The third kappa shape index (κ3) is 13.2. The molecule has 71 heavy (non-hydrogen) atoms. The van der Waals surface area contributed by atoms with E-state index in [1.54, 1.807) is 51.2 Å². The Labute approximate surface area is 423 Å². The largest absolute Gasteiger partial charge is 0.508 e. The van der Waals surface area contributed by atoms with Crippen molar-refractivity contribution in [1.82, 2.24) is 25.8 Å². The maximum absolute atomic E-state index is 14.6. The molecule has 2 heterocycles. The molecule has 4 aliphatic carbocycles. The molecule has 2 aromatic rings. The van der Waals surface area contributed by atoms with Crippen LogP contribution < -0.4 is 16.0 Å². The zero-order valence-electron chi connectivity index (χ0n) is 44.1. The average Bonchev–Trinajstić information content (AvgIpc) is 3.96. The third-order valence-electron chi connectivity index (χ3n) is 17.5. The number of benzene rings is 1. The van der Waals surface area contributed by atoms with Crippen molar-refractivity contribution in [3.05, 3.63) is 71.6 Å². The van der Waals surface area contributed by atoms with Crippen molar-refractivity contribution in [2.24, 2.45) is 46.3 Å². The first-order valence-electron chi connectivity index (χ1n) is 27.2. The molecule has 1 aromatic heterocycles. The molecule has 13 nitrogen and oxygen atoms in total. The van der Waals surface area contributed by atoms with Crippen LogP contribution in [-0.2, 0) is 30.3 Å². The van der Waals surface area contributed by atoms with Gasteiger partial charge < -0.3 is 35.4 Å². The minimum absolute atomic E-state index is 0.0618. The van der Waals surface area contributed by atoms with E-state index in [1.807, 2.05) is 0 Å². The number of carbonyl (C=O) groups is 5. The van der Waals surface area contributed by atoms with Gasteiger partial charge in [-0.3, -0.25) is 19.4 Å². The number of carbonyl (C=O) groups excluding carboxylic acids is 5. The van der Waals surface area contributed by atoms with E-state index in [0.29, 0.717) is 73.6 Å². The van der Waals surface area contributed by atoms with Crippen molar-refractivity contribution in [2.45, 2.75) is 194 Å². The molecule has 13 heteroatoms. The summed E-state index contributed by atoms with van der Waals surface area (Å²) in [5, 5.41) is 18.7. The molecule has 0 unspecified atom stereocenters. The number of phenolic OH excluding ortho intramolecular Hbond substituents is 1. The number of hydrogen-bond donors (Lipinski definition) is 4. The number of alkyl carbamates (subject to hydrolysis) is 1. The van der Waals surface area contributed by atoms with Gasteiger partial charge in [0.2, 0.25) is 11.8 Å². The molecule has 0 spiro atoms. The summed E-state index contributed by atoms with van der Waals surface area (Å²) in [6.07, 6.45) is 19.7. The topological polar surface area (TPSA) is 176 Å². The van der Waals surface area contributed by atoms with Gasteiger partial charge in [-0.25, -0.2) is 9.59 Å². The number of aromatic hydroxyl groups is 1. The number of likely N-dealkylation sites (tertiary alicyclic amines) is 1. The fourth-order valence-corrected chi connectivity index (χ4v) is 13.8. The van der Waals surface area contributed by atoms with E-state index in [2.05, 4.69) is 61.6 Å². The number of allylic oxidation sites excluding steroid dienone is 1. The predicted octanol–water partition coefficient (Wildman–Crippen LogP) is 10.3. The van der Waals surface area contributed by atoms with Gasteiger partial charge in [0.1, 0.15) is 35.6 Å². The third-order valence-corrected chi connectivity index (χ3v) is 17.5. The highest BCUT2D eigenvalue weighted by Gasteiger charge is 2.59. The average molecular weight is 980 g/mol. The summed E-state index contributed by atoms with van der Waals surface area (Å²) in [4.78, 5) is 74.7. The second kappa shape index (κ2) is 23.3. The van der Waals surface area contributed by atoms with Gasteiger partial charge in [0.15, 0.2) is 0 Å². The van der Waals surface area contributed by atoms with Gasteiger partial charge in [0, 0.05) is 38.3 Å². The normalized spacial score (nSPS) is 28.3. The first kappa shape index (κ1) is 53.8. The van der Waals surface area contributed by atoms with E-state index < -0.39 is 47.6 Å². The standard InChI is InChI=1S/C58H85N5O8/c1-37(2)14-11-15-38(3)45-25-26-46-44-24-21-41-35-43(27-29-57(41,7)47(44)28-30-58(45,46)8)70-54(68)48(17-9-10-32-60-55(69)71-56(4,5)6)61-51(65)49(34-39-19-22-42(64)23-20-39)62-52(66)50-18-13-33-63(50)53(67)40-16-12-31-59-36-40/h12,16,19-23,31,36-38,43-50,64H,9-11,13-15,17-18,24-30,32-35H2,1-8H3,(H,60,69)(H,61,65)(H,62,66)/t38-,43+,44+,45-,46+,47+,48+,49+,50+,57+,58-/m1/s1. The maximum atomic E-state index is 14.6. The van der Waals surface area contributed by atoms with Crippen molar-refractivity contribution in [2.75, 3.05) is 13.1 Å². The summed E-state index contributed by atoms with van der Waals surface area (Å²) < 4.78 is 11.8. The number of rotatable bonds is 19. The van der Waals surface area contributed by atoms with Gasteiger partial charge in [-0.15, -0.1) is 0 Å². The fourth-order valence-electron chi connectivity index (χ4n) is 13.8. The van der Waals surface area contributed by atoms with Crippen molar-refractivity contribution in [1.29, 1.82) is 0 Å². The van der Waals surface area contributed by atoms with Crippen molar-refractivity contribution < 1.29 is 38.6 Å². The Balaban J connectivity index is 1.04. The zero-order chi connectivity index (χ0) is 51.1. The number of nitrogens with one attached hydrogen (secondary N) is 3. The maximum Gasteiger partial charge on any atom is 0.407 e. The number of pyridine rings is 1. The number of amides is 4. The van der Waals surface area contributed by atoms with Gasteiger partial charge >= 0.3 is 12.1 Å². The van der Waals surface area contributed by atoms with E-state index in [9.17, 15) is 29.1 Å². The summed E-state index contributed by atoms with van der Waals surface area (Å²) in [6.45, 7) is 18.4. The van der Waals surface area contributed by atoms with Crippen LogP contribution in [0.1, 0.15) is 174 Å². The Hall–Kier alpha value is -4.94. The highest BCUT2D eigenvalue weighted by molar-refractivity contribution is 5.99. The predicted molar refractivity (Wildman–Crippen MR) is 275 cm³/mol. The van der Waals surface area contributed by atoms with Gasteiger partial charge in [-0.2, -0.15) is 0 Å². The van der Waals surface area contributed by atoms with Gasteiger partial charge in [0.25, 0.3) is 5.91 Å². The second-order valence-corrected chi connectivity index (χ2v) is 23.9. The summed E-state index contributed by atoms with van der Waals surface area (Å²) in [7, 11) is 0. The SMILES string of the molecule is CC(C)CCC[C@@H](C)[C@H]1CC[C@H]2[C@@H]3CC=C4C[C@@H](OC(=O)[C@H](CCCCNC(=O)OC(C)(C)C)NC(=O)[C@H](Cc5ccc(O)cc5)NC(=O)[C@@H]5CCCN5C(=O)c5cccnc5)CC[C@]4(C)[C@H]3CC[C@]12C. The molecule has 4 N–H and O–H groups in total. The van der Waals surface area contributed by atoms with Crippen LogP contribution in [0.5, 0.6) is 5.75 Å². The molecule has 7 rings (SSSR count). The Bertz CT molecular complexity index is 2190. The van der Waals surface area contributed by atoms with Crippen LogP contribution in [0.3, 0.4) is 0 Å². The Morgan fingerprint density at radius 3 is 2.37 bits per heavy atom. The summed E-state index contributed by atoms with van der Waals surface area (Å²) in [5.74, 6) is 2.58. The van der Waals surface area contributed by atoms with E-state index in [4.69, 9.17) is 9.47 Å². The highest BCUT2D eigenvalue weighted by Crippen LogP contribution is 2.67. The monoisotopic (exact) mass is 980 g/mol. The van der Waals surface area contributed by atoms with Crippen LogP contribution in [0, 0.1) is 46.3 Å². The Morgan fingerprint density at radius 2 is 1.65 bits per heavy atom. The molecule has 3 saturated carbocycles. The second-order valence-electron chi connectivity index (χ2n) is 23.9. The van der Waals surface area contributed by atoms with Crippen molar-refractivity contribution in [3.8, 4) is 5.75 Å². The van der Waals surface area contributed by atoms with Crippen LogP contribution in [-0.4, -0.2) is 87.7 Å². The van der Waals surface area contributed by atoms with Crippen LogP contribution >= 0.6 is 0 Å². The van der Waals surface area contributed by atoms with E-state index in [1.165, 1.54) is 73.7 Å². The lowest BCUT2D eigenvalue weighted by Gasteiger charge is -2.58. The minimum Gasteiger partial charge on any atom is -0.508 e. The number of phenols is 1. The fraction of sp³-hybridized carbons (Fsp3) is 0.690. The van der Waals surface area contributed by atoms with Crippen molar-refractivity contribution in [3.63, 3.8) is 0 Å². The molecule has 4 fully saturated rings. The summed E-state index contributed by atoms with van der Waals surface area (Å²) in [6, 6.07) is 6.79. The molecule has 11 atom stereocenters. The highest BCUT2D eigenvalue weighted by atomic mass is 16.6. The van der Waals surface area contributed by atoms with Gasteiger partial charge in [0.05, 0.1) is 5.56 Å². The smallest absolute Gasteiger partial charge is 0.407 e. The van der Waals surface area contributed by atoms with Crippen LogP contribution in [0.25, 0.3) is 0 Å². The van der Waals surface area contributed by atoms with Gasteiger partial charge in [-0.1, -0.05) is 77.7 Å².